The molecule has 2 heterocycles. The van der Waals surface area contributed by atoms with Gasteiger partial charge in [0.2, 0.25) is 5.91 Å². The minimum absolute atomic E-state index is 0.173. The molecule has 0 spiro atoms. The fraction of sp³-hybridized carbons (Fsp3) is 0.250. The van der Waals surface area contributed by atoms with Gasteiger partial charge >= 0.3 is 5.97 Å². The van der Waals surface area contributed by atoms with Crippen molar-refractivity contribution in [3.8, 4) is 11.5 Å². The number of carboxylic acids is 1. The number of carbonyl (C=O) groups is 2. The van der Waals surface area contributed by atoms with E-state index in [1.165, 1.54) is 5.01 Å². The van der Waals surface area contributed by atoms with Crippen molar-refractivity contribution in [2.24, 2.45) is 5.10 Å². The molecule has 0 bridgehead atoms. The van der Waals surface area contributed by atoms with E-state index in [0.717, 1.165) is 10.9 Å². The Morgan fingerprint density at radius 2 is 1.85 bits per heavy atom. The number of halogens is 1. The molecule has 4 rings (SSSR count). The highest BCUT2D eigenvalue weighted by molar-refractivity contribution is 6.30. The van der Waals surface area contributed by atoms with Gasteiger partial charge in [-0.05, 0) is 36.4 Å². The lowest BCUT2D eigenvalue weighted by Crippen LogP contribution is -2.27. The summed E-state index contributed by atoms with van der Waals surface area (Å²) in [7, 11) is 3.16. The number of hydrazone groups is 1. The summed E-state index contributed by atoms with van der Waals surface area (Å²) in [6, 6.07) is 14.2. The number of benzene rings is 2. The largest absolute Gasteiger partial charge is 0.497 e. The summed E-state index contributed by atoms with van der Waals surface area (Å²) in [5.41, 5.74) is 2.80. The fourth-order valence-corrected chi connectivity index (χ4v) is 4.07. The second-order valence-electron chi connectivity index (χ2n) is 7.56. The van der Waals surface area contributed by atoms with E-state index in [0.29, 0.717) is 34.7 Å². The van der Waals surface area contributed by atoms with Crippen molar-refractivity contribution in [3.05, 3.63) is 64.8 Å². The molecule has 1 amide bonds. The molecule has 0 fully saturated rings. The van der Waals surface area contributed by atoms with Gasteiger partial charge < -0.3 is 14.6 Å². The Balaban J connectivity index is 1.75. The van der Waals surface area contributed by atoms with Crippen LogP contribution < -0.4 is 9.47 Å². The number of carbonyl (C=O) groups excluding carboxylic acids is 1. The topological polar surface area (TPSA) is 101 Å². The molecule has 2 aromatic carbocycles. The zero-order valence-corrected chi connectivity index (χ0v) is 18.9. The summed E-state index contributed by atoms with van der Waals surface area (Å²) in [6.07, 6.45) is -0.0665. The zero-order valence-electron chi connectivity index (χ0n) is 18.1. The first kappa shape index (κ1) is 22.5. The molecule has 1 N–H and O–H groups in total. The quantitative estimate of drug-likeness (QED) is 0.515. The van der Waals surface area contributed by atoms with Gasteiger partial charge in [0.15, 0.2) is 0 Å². The van der Waals surface area contributed by atoms with E-state index in [1.54, 1.807) is 20.3 Å². The lowest BCUT2D eigenvalue weighted by Gasteiger charge is -2.23. The van der Waals surface area contributed by atoms with Crippen LogP contribution >= 0.6 is 11.6 Å². The van der Waals surface area contributed by atoms with Gasteiger partial charge in [-0.3, -0.25) is 9.59 Å². The molecule has 9 heteroatoms. The molecule has 0 aliphatic carbocycles. The second kappa shape index (κ2) is 9.46. The monoisotopic (exact) mass is 467 g/mol. The van der Waals surface area contributed by atoms with Gasteiger partial charge in [-0.15, -0.1) is 0 Å². The van der Waals surface area contributed by atoms with Crippen LogP contribution in [0, 0.1) is 0 Å². The van der Waals surface area contributed by atoms with E-state index in [4.69, 9.17) is 26.2 Å². The first-order valence-corrected chi connectivity index (χ1v) is 10.7. The highest BCUT2D eigenvalue weighted by Crippen LogP contribution is 2.38. The van der Waals surface area contributed by atoms with Crippen LogP contribution in [0.1, 0.15) is 36.4 Å². The minimum atomic E-state index is -1.05. The van der Waals surface area contributed by atoms with Crippen LogP contribution in [0.15, 0.2) is 53.6 Å². The second-order valence-corrected chi connectivity index (χ2v) is 7.92. The van der Waals surface area contributed by atoms with Crippen molar-refractivity contribution in [3.63, 3.8) is 0 Å². The van der Waals surface area contributed by atoms with Crippen LogP contribution in [0.25, 0.3) is 10.9 Å². The first-order chi connectivity index (χ1) is 15.9. The number of nitrogens with zero attached hydrogens (tertiary/aromatic N) is 3. The van der Waals surface area contributed by atoms with Crippen molar-refractivity contribution >= 4 is 40.1 Å². The third-order valence-electron chi connectivity index (χ3n) is 5.48. The van der Waals surface area contributed by atoms with Crippen molar-refractivity contribution in [2.75, 3.05) is 14.2 Å². The van der Waals surface area contributed by atoms with Crippen LogP contribution in [0.5, 0.6) is 11.5 Å². The van der Waals surface area contributed by atoms with E-state index in [-0.39, 0.29) is 18.0 Å². The van der Waals surface area contributed by atoms with Crippen LogP contribution in [0.2, 0.25) is 5.15 Å². The van der Waals surface area contributed by atoms with Crippen molar-refractivity contribution in [2.45, 2.75) is 25.3 Å². The number of methoxy groups -OCH3 is 2. The number of ether oxygens (including phenoxy) is 2. The normalized spacial score (nSPS) is 15.4. The maximum atomic E-state index is 13.0. The molecule has 33 heavy (non-hydrogen) atoms. The molecular weight excluding hydrogens is 446 g/mol. The van der Waals surface area contributed by atoms with E-state index in [2.05, 4.69) is 10.1 Å². The van der Waals surface area contributed by atoms with Gasteiger partial charge in [0.1, 0.15) is 16.7 Å². The third-order valence-corrected chi connectivity index (χ3v) is 5.79. The minimum Gasteiger partial charge on any atom is -0.497 e. The Hall–Kier alpha value is -3.65. The lowest BCUT2D eigenvalue weighted by atomic mass is 9.98. The van der Waals surface area contributed by atoms with E-state index in [9.17, 15) is 9.59 Å². The van der Waals surface area contributed by atoms with Crippen molar-refractivity contribution in [1.29, 1.82) is 0 Å². The van der Waals surface area contributed by atoms with Crippen LogP contribution in [0.3, 0.4) is 0 Å². The van der Waals surface area contributed by atoms with E-state index in [1.807, 2.05) is 42.5 Å². The smallest absolute Gasteiger partial charge is 0.303 e. The van der Waals surface area contributed by atoms with E-state index >= 15 is 0 Å². The Morgan fingerprint density at radius 1 is 1.09 bits per heavy atom. The molecule has 1 aliphatic heterocycles. The first-order valence-electron chi connectivity index (χ1n) is 10.3. The van der Waals surface area contributed by atoms with Crippen LogP contribution in [-0.2, 0) is 9.59 Å². The SMILES string of the molecule is COc1cccc(C2=NN(C(=O)CCC(=O)O)[C@H](c3cc4cc(OC)ccc4nc3Cl)C2)c1. The predicted octanol–water partition coefficient (Wildman–Crippen LogP) is 4.45. The number of fused-ring (bicyclic) bond motifs is 1. The molecule has 170 valence electrons. The molecule has 0 saturated heterocycles. The third kappa shape index (κ3) is 4.75. The molecule has 1 aromatic heterocycles. The van der Waals surface area contributed by atoms with Gasteiger partial charge in [0.05, 0.1) is 37.9 Å². The average molecular weight is 468 g/mol. The number of pyridine rings is 1. The number of hydrogen-bond acceptors (Lipinski definition) is 6. The molecule has 3 aromatic rings. The molecule has 1 aliphatic rings. The lowest BCUT2D eigenvalue weighted by molar-refractivity contribution is -0.141. The predicted molar refractivity (Wildman–Crippen MR) is 124 cm³/mol. The fourth-order valence-electron chi connectivity index (χ4n) is 3.80. The molecule has 0 saturated carbocycles. The van der Waals surface area contributed by atoms with Gasteiger partial charge in [-0.1, -0.05) is 23.7 Å². The van der Waals surface area contributed by atoms with Gasteiger partial charge in [-0.2, -0.15) is 5.10 Å². The molecule has 0 unspecified atom stereocenters. The Kier molecular flexibility index (Phi) is 6.46. The zero-order chi connectivity index (χ0) is 23.5. The number of amides is 1. The maximum Gasteiger partial charge on any atom is 0.303 e. The Bertz CT molecular complexity index is 1260. The molecule has 8 nitrogen and oxygen atoms in total. The Morgan fingerprint density at radius 3 is 2.58 bits per heavy atom. The van der Waals surface area contributed by atoms with Crippen LogP contribution in [0.4, 0.5) is 0 Å². The van der Waals surface area contributed by atoms with Gasteiger partial charge in [-0.25, -0.2) is 9.99 Å². The van der Waals surface area contributed by atoms with Crippen molar-refractivity contribution in [1.82, 2.24) is 9.99 Å². The van der Waals surface area contributed by atoms with Gasteiger partial charge in [0, 0.05) is 29.4 Å². The summed E-state index contributed by atoms with van der Waals surface area (Å²) in [5.74, 6) is -0.109. The number of hydrogen-bond donors (Lipinski definition) is 1. The summed E-state index contributed by atoms with van der Waals surface area (Å²) in [5, 5.41) is 16.0. The standard InChI is InChI=1S/C24H22ClN3O5/c1-32-16-5-3-4-14(10-16)20-13-21(28(27-20)22(29)8-9-23(30)31)18-12-15-11-17(33-2)6-7-19(15)26-24(18)25/h3-7,10-12,21H,8-9,13H2,1-2H3,(H,30,31)/t21-/m0/s1. The highest BCUT2D eigenvalue weighted by atomic mass is 35.5. The number of rotatable bonds is 7. The average Bonchev–Trinajstić information content (AvgIpc) is 3.27. The summed E-state index contributed by atoms with van der Waals surface area (Å²) in [4.78, 5) is 28.5. The number of aliphatic carboxylic acids is 1. The van der Waals surface area contributed by atoms with Gasteiger partial charge in [0.25, 0.3) is 0 Å². The maximum absolute atomic E-state index is 13.0. The van der Waals surface area contributed by atoms with Crippen LogP contribution in [-0.4, -0.2) is 46.9 Å². The van der Waals surface area contributed by atoms with E-state index < -0.39 is 17.9 Å². The Labute approximate surface area is 195 Å². The van der Waals surface area contributed by atoms with Crippen molar-refractivity contribution < 1.29 is 24.2 Å². The summed E-state index contributed by atoms with van der Waals surface area (Å²) in [6.45, 7) is 0. The summed E-state index contributed by atoms with van der Waals surface area (Å²) < 4.78 is 10.6. The molecular formula is C24H22ClN3O5. The summed E-state index contributed by atoms with van der Waals surface area (Å²) >= 11 is 6.55. The molecule has 0 radical (unpaired) electrons. The molecule has 1 atom stereocenters. The number of aromatic nitrogens is 1. The number of carboxylic acid groups (broad SMARTS) is 1. The highest BCUT2D eigenvalue weighted by Gasteiger charge is 2.35.